The second-order valence-corrected chi connectivity index (χ2v) is 5.19. The number of ether oxygens (including phenoxy) is 2. The maximum Gasteiger partial charge on any atom is 0.331 e. The normalized spacial score (nSPS) is 13.8. The van der Waals surface area contributed by atoms with Gasteiger partial charge >= 0.3 is 11.9 Å². The van der Waals surface area contributed by atoms with E-state index < -0.39 is 24.1 Å². The average Bonchev–Trinajstić information content (AvgIpc) is 2.52. The molecule has 2 unspecified atom stereocenters. The van der Waals surface area contributed by atoms with Gasteiger partial charge in [0.1, 0.15) is 13.2 Å². The van der Waals surface area contributed by atoms with Gasteiger partial charge in [-0.15, -0.1) is 0 Å². The number of esters is 2. The largest absolute Gasteiger partial charge is 0.460 e. The third-order valence-electron chi connectivity index (χ3n) is 2.97. The summed E-state index contributed by atoms with van der Waals surface area (Å²) in [7, 11) is 0. The van der Waals surface area contributed by atoms with Gasteiger partial charge in [0.05, 0.1) is 12.2 Å². The highest BCUT2D eigenvalue weighted by molar-refractivity contribution is 5.91. The maximum absolute atomic E-state index is 11.3. The highest BCUT2D eigenvalue weighted by atomic mass is 16.5. The molecule has 0 aliphatic carbocycles. The van der Waals surface area contributed by atoms with Crippen LogP contribution in [0.4, 0.5) is 0 Å². The van der Waals surface area contributed by atoms with Crippen molar-refractivity contribution in [3.63, 3.8) is 0 Å². The van der Waals surface area contributed by atoms with E-state index in [1.165, 1.54) is 0 Å². The molecule has 0 aromatic heterocycles. The minimum Gasteiger partial charge on any atom is -0.460 e. The van der Waals surface area contributed by atoms with Crippen LogP contribution < -0.4 is 0 Å². The second kappa shape index (κ2) is 13.3. The third kappa shape index (κ3) is 12.3. The standard InChI is InChI=1S/C16H28O6/c1-3-5-7-13(17)11-21-15(19)9-10-16(20)22-12-14(18)8-6-4-2/h9-10,13-14,17-18H,3-8,11-12H2,1-2H3. The summed E-state index contributed by atoms with van der Waals surface area (Å²) >= 11 is 0. The Morgan fingerprint density at radius 3 is 1.55 bits per heavy atom. The second-order valence-electron chi connectivity index (χ2n) is 5.19. The van der Waals surface area contributed by atoms with Crippen molar-refractivity contribution in [3.05, 3.63) is 12.2 Å². The fraction of sp³-hybridized carbons (Fsp3) is 0.750. The summed E-state index contributed by atoms with van der Waals surface area (Å²) in [5.74, 6) is -1.42. The molecule has 0 aromatic rings. The number of hydrogen-bond donors (Lipinski definition) is 2. The molecule has 0 heterocycles. The first-order valence-corrected chi connectivity index (χ1v) is 7.87. The lowest BCUT2D eigenvalue weighted by Gasteiger charge is -2.10. The van der Waals surface area contributed by atoms with E-state index in [2.05, 4.69) is 0 Å². The Bertz CT molecular complexity index is 308. The lowest BCUT2D eigenvalue weighted by molar-refractivity contribution is -0.143. The number of rotatable bonds is 12. The van der Waals surface area contributed by atoms with Gasteiger partial charge in [0.2, 0.25) is 0 Å². The highest BCUT2D eigenvalue weighted by Gasteiger charge is 2.08. The van der Waals surface area contributed by atoms with Gasteiger partial charge in [-0.1, -0.05) is 39.5 Å². The summed E-state index contributed by atoms with van der Waals surface area (Å²) in [4.78, 5) is 22.7. The Morgan fingerprint density at radius 1 is 0.864 bits per heavy atom. The maximum atomic E-state index is 11.3. The van der Waals surface area contributed by atoms with E-state index >= 15 is 0 Å². The molecular weight excluding hydrogens is 288 g/mol. The van der Waals surface area contributed by atoms with E-state index in [1.54, 1.807) is 0 Å². The van der Waals surface area contributed by atoms with Crippen molar-refractivity contribution in [1.82, 2.24) is 0 Å². The van der Waals surface area contributed by atoms with Gasteiger partial charge in [0.25, 0.3) is 0 Å². The van der Waals surface area contributed by atoms with Crippen molar-refractivity contribution in [1.29, 1.82) is 0 Å². The number of aliphatic hydroxyl groups excluding tert-OH is 2. The minimum atomic E-state index is -0.709. The smallest absolute Gasteiger partial charge is 0.331 e. The van der Waals surface area contributed by atoms with Crippen molar-refractivity contribution in [2.24, 2.45) is 0 Å². The molecular formula is C16H28O6. The van der Waals surface area contributed by atoms with E-state index in [-0.39, 0.29) is 13.2 Å². The van der Waals surface area contributed by atoms with Crippen LogP contribution >= 0.6 is 0 Å². The molecule has 22 heavy (non-hydrogen) atoms. The number of aliphatic hydroxyl groups is 2. The first kappa shape index (κ1) is 20.6. The summed E-state index contributed by atoms with van der Waals surface area (Å²) in [6.45, 7) is 3.83. The predicted molar refractivity (Wildman–Crippen MR) is 82.1 cm³/mol. The SMILES string of the molecule is CCCCC(O)COC(=O)C=CC(=O)OCC(O)CCCC. The van der Waals surface area contributed by atoms with E-state index in [0.29, 0.717) is 12.8 Å². The lowest BCUT2D eigenvalue weighted by atomic mass is 10.2. The monoisotopic (exact) mass is 316 g/mol. The quantitative estimate of drug-likeness (QED) is 0.421. The molecule has 6 heteroatoms. The molecule has 0 aromatic carbocycles. The fourth-order valence-electron chi connectivity index (χ4n) is 1.64. The van der Waals surface area contributed by atoms with Gasteiger partial charge in [0, 0.05) is 12.2 Å². The van der Waals surface area contributed by atoms with Crippen molar-refractivity contribution in [2.45, 2.75) is 64.6 Å². The Morgan fingerprint density at radius 2 is 1.23 bits per heavy atom. The summed E-state index contributed by atoms with van der Waals surface area (Å²) < 4.78 is 9.59. The van der Waals surface area contributed by atoms with E-state index in [0.717, 1.165) is 37.8 Å². The van der Waals surface area contributed by atoms with Crippen LogP contribution in [0.15, 0.2) is 12.2 Å². The van der Waals surface area contributed by atoms with Crippen LogP contribution in [0.25, 0.3) is 0 Å². The minimum absolute atomic E-state index is 0.0893. The van der Waals surface area contributed by atoms with Crippen LogP contribution in [0, 0.1) is 0 Å². The molecule has 0 saturated carbocycles. The van der Waals surface area contributed by atoms with Crippen LogP contribution in [0.1, 0.15) is 52.4 Å². The van der Waals surface area contributed by atoms with Crippen molar-refractivity contribution in [3.8, 4) is 0 Å². The van der Waals surface area contributed by atoms with Gasteiger partial charge in [-0.05, 0) is 12.8 Å². The van der Waals surface area contributed by atoms with Crippen LogP contribution in [0.3, 0.4) is 0 Å². The topological polar surface area (TPSA) is 93.1 Å². The van der Waals surface area contributed by atoms with Gasteiger partial charge in [0.15, 0.2) is 0 Å². The summed E-state index contributed by atoms with van der Waals surface area (Å²) in [6.07, 6.45) is 5.33. The summed E-state index contributed by atoms with van der Waals surface area (Å²) in [5.41, 5.74) is 0. The zero-order valence-electron chi connectivity index (χ0n) is 13.5. The molecule has 2 N–H and O–H groups in total. The van der Waals surface area contributed by atoms with Crippen LogP contribution in [-0.4, -0.2) is 47.6 Å². The molecule has 0 bridgehead atoms. The lowest BCUT2D eigenvalue weighted by Crippen LogP contribution is -2.18. The van der Waals surface area contributed by atoms with E-state index in [4.69, 9.17) is 9.47 Å². The first-order chi connectivity index (χ1) is 10.5. The molecule has 0 fully saturated rings. The van der Waals surface area contributed by atoms with Crippen LogP contribution in [0.2, 0.25) is 0 Å². The molecule has 0 amide bonds. The predicted octanol–water partition coefficient (Wildman–Crippen LogP) is 1.73. The van der Waals surface area contributed by atoms with Crippen LogP contribution in [-0.2, 0) is 19.1 Å². The zero-order valence-corrected chi connectivity index (χ0v) is 13.5. The number of unbranched alkanes of at least 4 members (excludes halogenated alkanes) is 2. The van der Waals surface area contributed by atoms with Gasteiger partial charge in [-0.25, -0.2) is 9.59 Å². The zero-order chi connectivity index (χ0) is 16.8. The van der Waals surface area contributed by atoms with Crippen LogP contribution in [0.5, 0.6) is 0 Å². The van der Waals surface area contributed by atoms with Gasteiger partial charge in [-0.2, -0.15) is 0 Å². The van der Waals surface area contributed by atoms with E-state index in [1.807, 2.05) is 13.8 Å². The van der Waals surface area contributed by atoms with Gasteiger partial charge < -0.3 is 19.7 Å². The van der Waals surface area contributed by atoms with E-state index in [9.17, 15) is 19.8 Å². The summed E-state index contributed by atoms with van der Waals surface area (Å²) in [6, 6.07) is 0. The van der Waals surface area contributed by atoms with Crippen molar-refractivity contribution >= 4 is 11.9 Å². The highest BCUT2D eigenvalue weighted by Crippen LogP contribution is 2.02. The first-order valence-electron chi connectivity index (χ1n) is 7.87. The molecule has 6 nitrogen and oxygen atoms in total. The Kier molecular flexibility index (Phi) is 12.4. The number of carbonyl (C=O) groups is 2. The Balaban J connectivity index is 3.84. The Hall–Kier alpha value is -1.40. The number of carbonyl (C=O) groups excluding carboxylic acids is 2. The molecule has 0 radical (unpaired) electrons. The van der Waals surface area contributed by atoms with Crippen molar-refractivity contribution < 1.29 is 29.3 Å². The average molecular weight is 316 g/mol. The third-order valence-corrected chi connectivity index (χ3v) is 2.97. The molecule has 0 aliphatic rings. The molecule has 0 saturated heterocycles. The van der Waals surface area contributed by atoms with Crippen molar-refractivity contribution in [2.75, 3.05) is 13.2 Å². The molecule has 128 valence electrons. The number of hydrogen-bond acceptors (Lipinski definition) is 6. The summed E-state index contributed by atoms with van der Waals surface area (Å²) in [5, 5.41) is 19.0. The molecule has 0 aliphatic heterocycles. The Labute approximate surface area is 132 Å². The molecule has 0 spiro atoms. The van der Waals surface area contributed by atoms with Gasteiger partial charge in [-0.3, -0.25) is 0 Å². The molecule has 2 atom stereocenters. The fourth-order valence-corrected chi connectivity index (χ4v) is 1.64. The molecule has 0 rings (SSSR count).